The molecule has 0 saturated heterocycles. The van der Waals surface area contributed by atoms with E-state index >= 15 is 0 Å². The lowest BCUT2D eigenvalue weighted by atomic mass is 10.1. The largest absolute Gasteiger partial charge is 0.507 e. The molecule has 3 aromatic rings. The second-order valence-corrected chi connectivity index (χ2v) is 3.92. The smallest absolute Gasteiger partial charge is 0.138 e. The van der Waals surface area contributed by atoms with E-state index in [1.807, 2.05) is 16.5 Å². The number of rotatable bonds is 1. The number of pyridine rings is 1. The third-order valence-electron chi connectivity index (χ3n) is 2.82. The van der Waals surface area contributed by atoms with Gasteiger partial charge in [0.25, 0.3) is 0 Å². The Morgan fingerprint density at radius 1 is 1.22 bits per heavy atom. The van der Waals surface area contributed by atoms with Gasteiger partial charge in [0.1, 0.15) is 11.4 Å². The Hall–Kier alpha value is -2.80. The van der Waals surface area contributed by atoms with Crippen LogP contribution in [0.3, 0.4) is 0 Å². The van der Waals surface area contributed by atoms with Gasteiger partial charge in [-0.25, -0.2) is 4.98 Å². The van der Waals surface area contributed by atoms with Gasteiger partial charge in [-0.05, 0) is 24.3 Å². The zero-order valence-corrected chi connectivity index (χ0v) is 9.41. The van der Waals surface area contributed by atoms with Crippen LogP contribution in [0.4, 0.5) is 0 Å². The molecule has 0 saturated carbocycles. The lowest BCUT2D eigenvalue weighted by Gasteiger charge is -2.04. The van der Waals surface area contributed by atoms with Gasteiger partial charge < -0.3 is 5.11 Å². The van der Waals surface area contributed by atoms with Gasteiger partial charge >= 0.3 is 0 Å². The van der Waals surface area contributed by atoms with E-state index < -0.39 is 0 Å². The Kier molecular flexibility index (Phi) is 2.24. The molecule has 0 amide bonds. The van der Waals surface area contributed by atoms with Crippen molar-refractivity contribution in [2.75, 3.05) is 0 Å². The second kappa shape index (κ2) is 3.90. The van der Waals surface area contributed by atoms with Crippen molar-refractivity contribution in [1.29, 1.82) is 5.26 Å². The number of para-hydroxylation sites is 1. The van der Waals surface area contributed by atoms with Crippen LogP contribution in [0.5, 0.6) is 5.75 Å². The maximum Gasteiger partial charge on any atom is 0.138 e. The molecule has 4 heteroatoms. The molecule has 0 spiro atoms. The predicted octanol–water partition coefficient (Wildman–Crippen LogP) is 2.58. The lowest BCUT2D eigenvalue weighted by Crippen LogP contribution is -1.89. The standard InChI is InChI=1S/C14H9N3O/c15-8-10-5-6-17-12(9-16-14(17)7-10)11-3-1-2-4-13(11)18/h1-7,9,18H. The van der Waals surface area contributed by atoms with Crippen LogP contribution in [0.15, 0.2) is 48.8 Å². The molecule has 0 bridgehead atoms. The molecule has 0 radical (unpaired) electrons. The first-order chi connectivity index (χ1) is 8.79. The minimum Gasteiger partial charge on any atom is -0.507 e. The van der Waals surface area contributed by atoms with E-state index in [0.717, 1.165) is 11.3 Å². The van der Waals surface area contributed by atoms with Crippen molar-refractivity contribution >= 4 is 5.65 Å². The molecule has 0 aliphatic rings. The summed E-state index contributed by atoms with van der Waals surface area (Å²) in [4.78, 5) is 4.25. The summed E-state index contributed by atoms with van der Waals surface area (Å²) in [6, 6.07) is 12.6. The van der Waals surface area contributed by atoms with Crippen LogP contribution >= 0.6 is 0 Å². The highest BCUT2D eigenvalue weighted by atomic mass is 16.3. The molecule has 1 N–H and O–H groups in total. The van der Waals surface area contributed by atoms with Crippen molar-refractivity contribution in [2.24, 2.45) is 0 Å². The fourth-order valence-electron chi connectivity index (χ4n) is 1.94. The molecule has 0 aliphatic heterocycles. The molecular formula is C14H9N3O. The van der Waals surface area contributed by atoms with Crippen molar-refractivity contribution in [3.63, 3.8) is 0 Å². The number of benzene rings is 1. The first kappa shape index (κ1) is 10.4. The van der Waals surface area contributed by atoms with Crippen molar-refractivity contribution in [3.05, 3.63) is 54.4 Å². The molecule has 18 heavy (non-hydrogen) atoms. The first-order valence-corrected chi connectivity index (χ1v) is 5.45. The van der Waals surface area contributed by atoms with Crippen LogP contribution in [0.25, 0.3) is 16.9 Å². The maximum absolute atomic E-state index is 9.85. The summed E-state index contributed by atoms with van der Waals surface area (Å²) < 4.78 is 1.84. The zero-order valence-electron chi connectivity index (χ0n) is 9.41. The Bertz CT molecular complexity index is 768. The summed E-state index contributed by atoms with van der Waals surface area (Å²) in [6.07, 6.45) is 3.47. The highest BCUT2D eigenvalue weighted by Crippen LogP contribution is 2.29. The Labute approximate surface area is 103 Å². The third-order valence-corrected chi connectivity index (χ3v) is 2.82. The monoisotopic (exact) mass is 235 g/mol. The first-order valence-electron chi connectivity index (χ1n) is 5.45. The van der Waals surface area contributed by atoms with Crippen LogP contribution in [0.1, 0.15) is 5.56 Å². The minimum absolute atomic E-state index is 0.212. The number of aromatic nitrogens is 2. The van der Waals surface area contributed by atoms with Crippen molar-refractivity contribution in [2.45, 2.75) is 0 Å². The van der Waals surface area contributed by atoms with E-state index in [1.54, 1.807) is 36.7 Å². The van der Waals surface area contributed by atoms with Gasteiger partial charge in [0.05, 0.1) is 23.5 Å². The molecule has 3 rings (SSSR count). The van der Waals surface area contributed by atoms with Gasteiger partial charge in [-0.3, -0.25) is 4.40 Å². The van der Waals surface area contributed by atoms with E-state index in [4.69, 9.17) is 5.26 Å². The molecule has 2 heterocycles. The number of hydrogen-bond acceptors (Lipinski definition) is 3. The number of phenolic OH excluding ortho intramolecular Hbond substituents is 1. The molecular weight excluding hydrogens is 226 g/mol. The Balaban J connectivity index is 2.26. The van der Waals surface area contributed by atoms with Gasteiger partial charge in [-0.2, -0.15) is 5.26 Å². The molecule has 0 aliphatic carbocycles. The van der Waals surface area contributed by atoms with Crippen LogP contribution in [-0.4, -0.2) is 14.5 Å². The number of aromatic hydroxyl groups is 1. The number of hydrogen-bond donors (Lipinski definition) is 1. The van der Waals surface area contributed by atoms with Gasteiger partial charge in [0, 0.05) is 11.8 Å². The van der Waals surface area contributed by atoms with Crippen LogP contribution in [0, 0.1) is 11.3 Å². The molecule has 4 nitrogen and oxygen atoms in total. The lowest BCUT2D eigenvalue weighted by molar-refractivity contribution is 0.477. The molecule has 2 aromatic heterocycles. The number of phenols is 1. The van der Waals surface area contributed by atoms with Crippen LogP contribution < -0.4 is 0 Å². The minimum atomic E-state index is 0.212. The number of nitrogens with zero attached hydrogens (tertiary/aromatic N) is 3. The fraction of sp³-hybridized carbons (Fsp3) is 0. The predicted molar refractivity (Wildman–Crippen MR) is 67.0 cm³/mol. The summed E-state index contributed by atoms with van der Waals surface area (Å²) >= 11 is 0. The molecule has 0 unspecified atom stereocenters. The van der Waals surface area contributed by atoms with E-state index in [1.165, 1.54) is 0 Å². The summed E-state index contributed by atoms with van der Waals surface area (Å²) in [5, 5.41) is 18.7. The van der Waals surface area contributed by atoms with Gasteiger partial charge in [0.15, 0.2) is 0 Å². The molecule has 0 atom stereocenters. The summed E-state index contributed by atoms with van der Waals surface area (Å²) in [5.74, 6) is 0.212. The van der Waals surface area contributed by atoms with Crippen LogP contribution in [-0.2, 0) is 0 Å². The van der Waals surface area contributed by atoms with E-state index in [2.05, 4.69) is 11.1 Å². The average molecular weight is 235 g/mol. The highest BCUT2D eigenvalue weighted by Gasteiger charge is 2.09. The topological polar surface area (TPSA) is 61.3 Å². The summed E-state index contributed by atoms with van der Waals surface area (Å²) in [7, 11) is 0. The van der Waals surface area contributed by atoms with Crippen molar-refractivity contribution in [3.8, 4) is 23.1 Å². The zero-order chi connectivity index (χ0) is 12.5. The molecule has 86 valence electrons. The third kappa shape index (κ3) is 1.50. The second-order valence-electron chi connectivity index (χ2n) is 3.92. The van der Waals surface area contributed by atoms with Crippen molar-refractivity contribution < 1.29 is 5.11 Å². The van der Waals surface area contributed by atoms with Gasteiger partial charge in [-0.1, -0.05) is 12.1 Å². The van der Waals surface area contributed by atoms with Crippen LogP contribution in [0.2, 0.25) is 0 Å². The van der Waals surface area contributed by atoms with Gasteiger partial charge in [-0.15, -0.1) is 0 Å². The van der Waals surface area contributed by atoms with E-state index in [0.29, 0.717) is 11.2 Å². The van der Waals surface area contributed by atoms with Crippen molar-refractivity contribution in [1.82, 2.24) is 9.38 Å². The number of nitriles is 1. The summed E-state index contributed by atoms with van der Waals surface area (Å²) in [5.41, 5.74) is 2.77. The quantitative estimate of drug-likeness (QED) is 0.705. The fourth-order valence-corrected chi connectivity index (χ4v) is 1.94. The number of imidazole rings is 1. The highest BCUT2D eigenvalue weighted by molar-refractivity contribution is 5.69. The van der Waals surface area contributed by atoms with Gasteiger partial charge in [0.2, 0.25) is 0 Å². The average Bonchev–Trinajstić information content (AvgIpc) is 2.82. The normalized spacial score (nSPS) is 10.4. The Morgan fingerprint density at radius 2 is 2.06 bits per heavy atom. The SMILES string of the molecule is N#Cc1ccn2c(-c3ccccc3O)cnc2c1. The Morgan fingerprint density at radius 3 is 2.83 bits per heavy atom. The van der Waals surface area contributed by atoms with E-state index in [-0.39, 0.29) is 5.75 Å². The molecule has 0 fully saturated rings. The maximum atomic E-state index is 9.85. The van der Waals surface area contributed by atoms with E-state index in [9.17, 15) is 5.11 Å². The number of fused-ring (bicyclic) bond motifs is 1. The summed E-state index contributed by atoms with van der Waals surface area (Å²) in [6.45, 7) is 0. The molecule has 1 aromatic carbocycles.